The number of rotatable bonds is 6. The fraction of sp³-hybridized carbons (Fsp3) is 0.350. The maximum atomic E-state index is 11.9. The van der Waals surface area contributed by atoms with Gasteiger partial charge in [-0.25, -0.2) is 9.97 Å². The van der Waals surface area contributed by atoms with Crippen LogP contribution < -0.4 is 0 Å². The van der Waals surface area contributed by atoms with Gasteiger partial charge in [-0.3, -0.25) is 9.20 Å². The maximum Gasteiger partial charge on any atom is 0.306 e. The molecule has 2 heterocycles. The number of carbonyl (C=O) groups excluding carboxylic acids is 1. The van der Waals surface area contributed by atoms with E-state index in [0.717, 1.165) is 27.8 Å². The molecule has 3 rings (SSSR count). The van der Waals surface area contributed by atoms with E-state index in [4.69, 9.17) is 32.9 Å². The molecule has 0 aliphatic heterocycles. The Labute approximate surface area is 178 Å². The van der Waals surface area contributed by atoms with Gasteiger partial charge in [-0.15, -0.1) is 0 Å². The number of aromatic nitrogens is 3. The number of imidazole rings is 1. The molecule has 0 fully saturated rings. The molecule has 0 atom stereocenters. The Morgan fingerprint density at radius 2 is 2.04 bits per heavy atom. The monoisotopic (exact) mass is 437 g/mol. The molecular formula is C20H21Cl2N3O2S. The van der Waals surface area contributed by atoms with Crippen molar-refractivity contribution in [2.24, 2.45) is 0 Å². The largest absolute Gasteiger partial charge is 0.460 e. The molecule has 1 aromatic carbocycles. The highest BCUT2D eigenvalue weighted by Crippen LogP contribution is 2.31. The smallest absolute Gasteiger partial charge is 0.306 e. The van der Waals surface area contributed by atoms with E-state index in [1.54, 1.807) is 30.1 Å². The third-order valence-corrected chi connectivity index (χ3v) is 5.33. The second-order valence-corrected chi connectivity index (χ2v) is 9.15. The van der Waals surface area contributed by atoms with Gasteiger partial charge in [0.15, 0.2) is 5.16 Å². The van der Waals surface area contributed by atoms with E-state index in [-0.39, 0.29) is 5.97 Å². The first-order valence-electron chi connectivity index (χ1n) is 8.87. The quantitative estimate of drug-likeness (QED) is 0.207. The van der Waals surface area contributed by atoms with Crippen LogP contribution in [0.25, 0.3) is 16.9 Å². The molecule has 0 radical (unpaired) electrons. The van der Waals surface area contributed by atoms with Gasteiger partial charge in [0.05, 0.1) is 10.7 Å². The highest BCUT2D eigenvalue weighted by atomic mass is 35.5. The molecule has 0 amide bonds. The van der Waals surface area contributed by atoms with E-state index in [1.807, 2.05) is 43.5 Å². The van der Waals surface area contributed by atoms with Crippen LogP contribution in [0, 0.1) is 0 Å². The molecule has 0 unspecified atom stereocenters. The lowest BCUT2D eigenvalue weighted by Crippen LogP contribution is -2.23. The van der Waals surface area contributed by atoms with E-state index in [2.05, 4.69) is 4.98 Å². The Bertz CT molecular complexity index is 999. The zero-order valence-corrected chi connectivity index (χ0v) is 18.2. The number of halogens is 2. The van der Waals surface area contributed by atoms with Crippen LogP contribution in [0.4, 0.5) is 0 Å². The van der Waals surface area contributed by atoms with Crippen molar-refractivity contribution in [3.63, 3.8) is 0 Å². The lowest BCUT2D eigenvalue weighted by Gasteiger charge is -2.19. The molecule has 8 heteroatoms. The van der Waals surface area contributed by atoms with Crippen LogP contribution >= 0.6 is 35.0 Å². The van der Waals surface area contributed by atoms with Gasteiger partial charge in [0.25, 0.3) is 0 Å². The van der Waals surface area contributed by atoms with E-state index in [9.17, 15) is 4.79 Å². The minimum Gasteiger partial charge on any atom is -0.460 e. The normalized spacial score (nSPS) is 11.8. The Morgan fingerprint density at radius 1 is 1.25 bits per heavy atom. The van der Waals surface area contributed by atoms with Crippen LogP contribution in [0.3, 0.4) is 0 Å². The predicted octanol–water partition coefficient (Wildman–Crippen LogP) is 5.92. The average Bonchev–Trinajstić information content (AvgIpc) is 3.05. The summed E-state index contributed by atoms with van der Waals surface area (Å²) in [4.78, 5) is 21.0. The number of fused-ring (bicyclic) bond motifs is 1. The second-order valence-electron chi connectivity index (χ2n) is 7.24. The van der Waals surface area contributed by atoms with Gasteiger partial charge in [0, 0.05) is 41.2 Å². The van der Waals surface area contributed by atoms with Crippen LogP contribution in [0.1, 0.15) is 33.6 Å². The summed E-state index contributed by atoms with van der Waals surface area (Å²) < 4.78 is 7.27. The molecule has 0 aliphatic carbocycles. The second kappa shape index (κ2) is 8.72. The van der Waals surface area contributed by atoms with Gasteiger partial charge in [-0.05, 0) is 45.4 Å². The summed E-state index contributed by atoms with van der Waals surface area (Å²) in [5.41, 5.74) is 1.86. The Hall–Kier alpha value is -1.76. The summed E-state index contributed by atoms with van der Waals surface area (Å²) in [5, 5.41) is 1.91. The minimum absolute atomic E-state index is 0.185. The molecular weight excluding hydrogens is 417 g/mol. The standard InChI is InChI=1S/C20H21Cl2N3O2S/c1-20(2,3)27-18(26)5-4-10-28-19-24-16(12-17-23-8-9-25(17)19)14-7-6-13(21)11-15(14)22/h6-9,11-12H,4-5,10H2,1-3H3. The summed E-state index contributed by atoms with van der Waals surface area (Å²) in [6.45, 7) is 5.60. The Morgan fingerprint density at radius 3 is 2.75 bits per heavy atom. The first kappa shape index (κ1) is 21.0. The van der Waals surface area contributed by atoms with Gasteiger partial charge in [-0.2, -0.15) is 0 Å². The third-order valence-electron chi connectivity index (χ3n) is 3.74. The number of benzene rings is 1. The van der Waals surface area contributed by atoms with Gasteiger partial charge >= 0.3 is 5.97 Å². The molecule has 0 spiro atoms. The number of hydrogen-bond acceptors (Lipinski definition) is 5. The first-order valence-corrected chi connectivity index (χ1v) is 10.6. The lowest BCUT2D eigenvalue weighted by molar-refractivity contribution is -0.154. The molecule has 0 N–H and O–H groups in total. The van der Waals surface area contributed by atoms with E-state index in [0.29, 0.717) is 22.9 Å². The number of ether oxygens (including phenoxy) is 1. The molecule has 3 aromatic rings. The topological polar surface area (TPSA) is 56.5 Å². The predicted molar refractivity (Wildman–Crippen MR) is 114 cm³/mol. The fourth-order valence-electron chi connectivity index (χ4n) is 2.60. The van der Waals surface area contributed by atoms with Crippen LogP contribution in [-0.2, 0) is 9.53 Å². The zero-order chi connectivity index (χ0) is 20.3. The number of thioether (sulfide) groups is 1. The Balaban J connectivity index is 1.74. The lowest BCUT2D eigenvalue weighted by atomic mass is 10.1. The molecule has 2 aromatic heterocycles. The van der Waals surface area contributed by atoms with Crippen LogP contribution in [0.2, 0.25) is 10.0 Å². The molecule has 148 valence electrons. The SMILES string of the molecule is CC(C)(C)OC(=O)CCCSc1nc(-c2ccc(Cl)cc2Cl)cc2nccn12. The van der Waals surface area contributed by atoms with Crippen LogP contribution in [0.15, 0.2) is 41.8 Å². The highest BCUT2D eigenvalue weighted by Gasteiger charge is 2.16. The number of esters is 1. The van der Waals surface area contributed by atoms with Crippen molar-refractivity contribution in [2.75, 3.05) is 5.75 Å². The van der Waals surface area contributed by atoms with Crippen molar-refractivity contribution in [1.82, 2.24) is 14.4 Å². The van der Waals surface area contributed by atoms with E-state index >= 15 is 0 Å². The molecule has 0 saturated heterocycles. The van der Waals surface area contributed by atoms with E-state index in [1.165, 1.54) is 0 Å². The van der Waals surface area contributed by atoms with Crippen LogP contribution in [-0.4, -0.2) is 31.7 Å². The zero-order valence-electron chi connectivity index (χ0n) is 15.9. The van der Waals surface area contributed by atoms with Gasteiger partial charge in [0.2, 0.25) is 0 Å². The van der Waals surface area contributed by atoms with E-state index < -0.39 is 5.60 Å². The van der Waals surface area contributed by atoms with Crippen molar-refractivity contribution >= 4 is 46.6 Å². The molecule has 0 saturated carbocycles. The van der Waals surface area contributed by atoms with Gasteiger partial charge < -0.3 is 4.74 Å². The molecule has 0 aliphatic rings. The molecule has 28 heavy (non-hydrogen) atoms. The summed E-state index contributed by atoms with van der Waals surface area (Å²) >= 11 is 13.9. The first-order chi connectivity index (χ1) is 13.2. The minimum atomic E-state index is -0.457. The van der Waals surface area contributed by atoms with Gasteiger partial charge in [0.1, 0.15) is 11.2 Å². The molecule has 5 nitrogen and oxygen atoms in total. The summed E-state index contributed by atoms with van der Waals surface area (Å²) in [6, 6.07) is 7.22. The number of nitrogens with zero attached hydrogens (tertiary/aromatic N) is 3. The summed E-state index contributed by atoms with van der Waals surface area (Å²) in [6.07, 6.45) is 4.67. The van der Waals surface area contributed by atoms with Crippen molar-refractivity contribution in [2.45, 2.75) is 44.4 Å². The van der Waals surface area contributed by atoms with Crippen molar-refractivity contribution in [1.29, 1.82) is 0 Å². The summed E-state index contributed by atoms with van der Waals surface area (Å²) in [7, 11) is 0. The fourth-order valence-corrected chi connectivity index (χ4v) is 4.04. The van der Waals surface area contributed by atoms with Crippen molar-refractivity contribution in [3.05, 3.63) is 46.7 Å². The number of carbonyl (C=O) groups is 1. The van der Waals surface area contributed by atoms with Crippen molar-refractivity contribution in [3.8, 4) is 11.3 Å². The summed E-state index contributed by atoms with van der Waals surface area (Å²) in [5.74, 6) is 0.549. The highest BCUT2D eigenvalue weighted by molar-refractivity contribution is 7.99. The molecule has 0 bridgehead atoms. The van der Waals surface area contributed by atoms with Crippen molar-refractivity contribution < 1.29 is 9.53 Å². The average molecular weight is 438 g/mol. The number of hydrogen-bond donors (Lipinski definition) is 0. The van der Waals surface area contributed by atoms with Crippen LogP contribution in [0.5, 0.6) is 0 Å². The maximum absolute atomic E-state index is 11.9. The van der Waals surface area contributed by atoms with Gasteiger partial charge in [-0.1, -0.05) is 35.0 Å². The third kappa shape index (κ3) is 5.40. The Kier molecular flexibility index (Phi) is 6.53.